The fourth-order valence-electron chi connectivity index (χ4n) is 3.40. The summed E-state index contributed by atoms with van der Waals surface area (Å²) < 4.78 is 5.96. The molecule has 0 bridgehead atoms. The van der Waals surface area contributed by atoms with Crippen molar-refractivity contribution in [3.8, 4) is 17.1 Å². The Kier molecular flexibility index (Phi) is 7.18. The Morgan fingerprint density at radius 3 is 2.56 bits per heavy atom. The maximum absolute atomic E-state index is 5.96. The number of aromatic nitrogens is 2. The zero-order chi connectivity index (χ0) is 19.1. The molecule has 146 valence electrons. The van der Waals surface area contributed by atoms with E-state index in [-0.39, 0.29) is 0 Å². The minimum atomic E-state index is 0.626. The van der Waals surface area contributed by atoms with Crippen molar-refractivity contribution < 1.29 is 4.74 Å². The first-order valence-electron chi connectivity index (χ1n) is 10.0. The van der Waals surface area contributed by atoms with E-state index >= 15 is 0 Å². The van der Waals surface area contributed by atoms with Gasteiger partial charge in [-0.1, -0.05) is 25.1 Å². The minimum absolute atomic E-state index is 0.626. The highest BCUT2D eigenvalue weighted by Gasteiger charge is 2.19. The van der Waals surface area contributed by atoms with Gasteiger partial charge in [-0.15, -0.1) is 0 Å². The molecule has 0 saturated carbocycles. The molecular weight excluding hydrogens is 336 g/mol. The van der Waals surface area contributed by atoms with Crippen LogP contribution in [0.25, 0.3) is 11.4 Å². The SMILES string of the molecule is CCc1cccc(-c2ncc(OCC3CCN(CCN(C)C)CC3)cn2)c1. The number of likely N-dealkylation sites (tertiary alicyclic amines) is 1. The molecule has 1 aromatic heterocycles. The molecule has 1 aliphatic rings. The standard InChI is InChI=1S/C22H32N4O/c1-4-18-6-5-7-20(14-18)22-23-15-21(16-24-22)27-17-19-8-10-26(11-9-19)13-12-25(2)3/h5-7,14-16,19H,4,8-13,17H2,1-3H3. The summed E-state index contributed by atoms with van der Waals surface area (Å²) >= 11 is 0. The lowest BCUT2D eigenvalue weighted by atomic mass is 9.98. The van der Waals surface area contributed by atoms with Gasteiger partial charge in [0.05, 0.1) is 19.0 Å². The average Bonchev–Trinajstić information content (AvgIpc) is 2.72. The number of rotatable bonds is 8. The fraction of sp³-hybridized carbons (Fsp3) is 0.545. The molecular formula is C22H32N4O. The number of benzene rings is 1. The molecule has 5 nitrogen and oxygen atoms in total. The van der Waals surface area contributed by atoms with Crippen LogP contribution in [0, 0.1) is 5.92 Å². The Labute approximate surface area is 163 Å². The molecule has 0 aliphatic carbocycles. The third-order valence-corrected chi connectivity index (χ3v) is 5.28. The van der Waals surface area contributed by atoms with Crippen LogP contribution in [0.15, 0.2) is 36.7 Å². The van der Waals surface area contributed by atoms with Crippen LogP contribution >= 0.6 is 0 Å². The van der Waals surface area contributed by atoms with Gasteiger partial charge in [-0.05, 0) is 64.0 Å². The quantitative estimate of drug-likeness (QED) is 0.715. The van der Waals surface area contributed by atoms with E-state index in [2.05, 4.69) is 65.1 Å². The molecule has 1 aliphatic heterocycles. The first-order chi connectivity index (χ1) is 13.1. The van der Waals surface area contributed by atoms with Crippen LogP contribution < -0.4 is 4.74 Å². The highest BCUT2D eigenvalue weighted by atomic mass is 16.5. The largest absolute Gasteiger partial charge is 0.490 e. The Balaban J connectivity index is 1.45. The second-order valence-corrected chi connectivity index (χ2v) is 7.70. The molecule has 1 saturated heterocycles. The van der Waals surface area contributed by atoms with Gasteiger partial charge >= 0.3 is 0 Å². The van der Waals surface area contributed by atoms with Crippen LogP contribution in [0.1, 0.15) is 25.3 Å². The van der Waals surface area contributed by atoms with Gasteiger partial charge in [-0.25, -0.2) is 9.97 Å². The van der Waals surface area contributed by atoms with Crippen molar-refractivity contribution in [2.75, 3.05) is 46.9 Å². The summed E-state index contributed by atoms with van der Waals surface area (Å²) in [5.41, 5.74) is 2.36. The third-order valence-electron chi connectivity index (χ3n) is 5.28. The van der Waals surface area contributed by atoms with Crippen molar-refractivity contribution >= 4 is 0 Å². The molecule has 0 atom stereocenters. The Morgan fingerprint density at radius 2 is 1.89 bits per heavy atom. The molecule has 0 radical (unpaired) electrons. The number of nitrogens with zero attached hydrogens (tertiary/aromatic N) is 4. The summed E-state index contributed by atoms with van der Waals surface area (Å²) in [5.74, 6) is 2.15. The van der Waals surface area contributed by atoms with Gasteiger partial charge in [0.25, 0.3) is 0 Å². The molecule has 27 heavy (non-hydrogen) atoms. The predicted octanol–water partition coefficient (Wildman–Crippen LogP) is 3.36. The van der Waals surface area contributed by atoms with E-state index in [1.807, 2.05) is 0 Å². The van der Waals surface area contributed by atoms with Gasteiger partial charge in [-0.3, -0.25) is 0 Å². The molecule has 2 aromatic rings. The van der Waals surface area contributed by atoms with E-state index in [9.17, 15) is 0 Å². The van der Waals surface area contributed by atoms with E-state index in [4.69, 9.17) is 4.74 Å². The van der Waals surface area contributed by atoms with Gasteiger partial charge in [0, 0.05) is 18.7 Å². The predicted molar refractivity (Wildman–Crippen MR) is 110 cm³/mol. The third kappa shape index (κ3) is 6.01. The maximum atomic E-state index is 5.96. The van der Waals surface area contributed by atoms with Gasteiger partial charge < -0.3 is 14.5 Å². The number of likely N-dealkylation sites (N-methyl/N-ethyl adjacent to an activating group) is 1. The van der Waals surface area contributed by atoms with E-state index < -0.39 is 0 Å². The summed E-state index contributed by atoms with van der Waals surface area (Å²) in [6, 6.07) is 8.40. The normalized spacial score (nSPS) is 16.0. The van der Waals surface area contributed by atoms with Crippen LogP contribution in [0.3, 0.4) is 0 Å². The minimum Gasteiger partial charge on any atom is -0.490 e. The number of piperidine rings is 1. The van der Waals surface area contributed by atoms with E-state index in [0.29, 0.717) is 5.92 Å². The van der Waals surface area contributed by atoms with E-state index in [1.165, 1.54) is 31.5 Å². The number of hydrogen-bond acceptors (Lipinski definition) is 5. The summed E-state index contributed by atoms with van der Waals surface area (Å²) in [6.45, 7) is 7.55. The van der Waals surface area contributed by atoms with Crippen molar-refractivity contribution in [2.24, 2.45) is 5.92 Å². The summed E-state index contributed by atoms with van der Waals surface area (Å²) in [6.07, 6.45) is 7.02. The Bertz CT molecular complexity index is 694. The molecule has 5 heteroatoms. The summed E-state index contributed by atoms with van der Waals surface area (Å²) in [7, 11) is 4.27. The second-order valence-electron chi connectivity index (χ2n) is 7.70. The van der Waals surface area contributed by atoms with Crippen LogP contribution in [0.5, 0.6) is 5.75 Å². The highest BCUT2D eigenvalue weighted by Crippen LogP contribution is 2.21. The lowest BCUT2D eigenvalue weighted by Crippen LogP contribution is -2.39. The molecule has 0 N–H and O–H groups in total. The van der Waals surface area contributed by atoms with Crippen molar-refractivity contribution in [3.05, 3.63) is 42.2 Å². The van der Waals surface area contributed by atoms with Crippen molar-refractivity contribution in [1.29, 1.82) is 0 Å². The Morgan fingerprint density at radius 1 is 1.15 bits per heavy atom. The molecule has 1 aromatic carbocycles. The lowest BCUT2D eigenvalue weighted by Gasteiger charge is -2.32. The number of ether oxygens (including phenoxy) is 1. The number of aryl methyl sites for hydroxylation is 1. The maximum Gasteiger partial charge on any atom is 0.159 e. The zero-order valence-electron chi connectivity index (χ0n) is 16.9. The Hall–Kier alpha value is -1.98. The van der Waals surface area contributed by atoms with Gasteiger partial charge in [0.1, 0.15) is 0 Å². The molecule has 3 rings (SSSR count). The topological polar surface area (TPSA) is 41.5 Å². The van der Waals surface area contributed by atoms with Crippen LogP contribution in [0.2, 0.25) is 0 Å². The molecule has 2 heterocycles. The smallest absolute Gasteiger partial charge is 0.159 e. The zero-order valence-corrected chi connectivity index (χ0v) is 16.9. The van der Waals surface area contributed by atoms with Crippen LogP contribution in [-0.2, 0) is 6.42 Å². The van der Waals surface area contributed by atoms with Crippen LogP contribution in [-0.4, -0.2) is 66.6 Å². The summed E-state index contributed by atoms with van der Waals surface area (Å²) in [5, 5.41) is 0. The molecule has 0 unspecified atom stereocenters. The monoisotopic (exact) mass is 368 g/mol. The van der Waals surface area contributed by atoms with Crippen molar-refractivity contribution in [2.45, 2.75) is 26.2 Å². The molecule has 0 amide bonds. The van der Waals surface area contributed by atoms with Crippen molar-refractivity contribution in [1.82, 2.24) is 19.8 Å². The molecule has 1 fully saturated rings. The van der Waals surface area contributed by atoms with E-state index in [0.717, 1.165) is 43.3 Å². The second kappa shape index (κ2) is 9.81. The first-order valence-corrected chi connectivity index (χ1v) is 10.0. The van der Waals surface area contributed by atoms with Crippen LogP contribution in [0.4, 0.5) is 0 Å². The highest BCUT2D eigenvalue weighted by molar-refractivity contribution is 5.56. The van der Waals surface area contributed by atoms with Gasteiger partial charge in [0.15, 0.2) is 11.6 Å². The summed E-state index contributed by atoms with van der Waals surface area (Å²) in [4.78, 5) is 13.8. The average molecular weight is 369 g/mol. The molecule has 0 spiro atoms. The first kappa shape index (κ1) is 19.8. The van der Waals surface area contributed by atoms with Gasteiger partial charge in [0.2, 0.25) is 0 Å². The van der Waals surface area contributed by atoms with Crippen molar-refractivity contribution in [3.63, 3.8) is 0 Å². The van der Waals surface area contributed by atoms with Gasteiger partial charge in [-0.2, -0.15) is 0 Å². The fourth-order valence-corrected chi connectivity index (χ4v) is 3.40. The number of hydrogen-bond donors (Lipinski definition) is 0. The lowest BCUT2D eigenvalue weighted by molar-refractivity contribution is 0.134. The van der Waals surface area contributed by atoms with E-state index in [1.54, 1.807) is 12.4 Å².